The van der Waals surface area contributed by atoms with Crippen molar-refractivity contribution in [2.75, 3.05) is 40.9 Å². The summed E-state index contributed by atoms with van der Waals surface area (Å²) in [6, 6.07) is 7.64. The SMILES string of the molecule is COc1ccn2c(C[C@H]3CN(C(C)=O)CCO3)c(-c3c(C)cc(C(=O)N(C)C)cc3I)nc2c1. The number of hydrogen-bond acceptors (Lipinski definition) is 5. The van der Waals surface area contributed by atoms with Crippen LogP contribution in [0.25, 0.3) is 16.9 Å². The first-order valence-corrected chi connectivity index (χ1v) is 12.2. The van der Waals surface area contributed by atoms with Crippen molar-refractivity contribution < 1.29 is 19.1 Å². The Bertz CT molecular complexity index is 1230. The lowest BCUT2D eigenvalue weighted by molar-refractivity contribution is -0.136. The maximum atomic E-state index is 12.6. The molecule has 0 aliphatic carbocycles. The maximum absolute atomic E-state index is 12.6. The Kier molecular flexibility index (Phi) is 7.13. The first-order valence-electron chi connectivity index (χ1n) is 11.1. The molecule has 2 amide bonds. The molecule has 0 saturated carbocycles. The van der Waals surface area contributed by atoms with Crippen molar-refractivity contribution in [1.82, 2.24) is 19.2 Å². The predicted octanol–water partition coefficient (Wildman–Crippen LogP) is 3.41. The number of ether oxygens (including phenoxy) is 2. The van der Waals surface area contributed by atoms with Crippen molar-refractivity contribution >= 4 is 40.1 Å². The lowest BCUT2D eigenvalue weighted by Crippen LogP contribution is -2.45. The number of morpholine rings is 1. The number of pyridine rings is 1. The summed E-state index contributed by atoms with van der Waals surface area (Å²) in [5, 5.41) is 0. The van der Waals surface area contributed by atoms with Gasteiger partial charge >= 0.3 is 0 Å². The highest BCUT2D eigenvalue weighted by Gasteiger charge is 2.27. The Labute approximate surface area is 213 Å². The Balaban J connectivity index is 1.82. The van der Waals surface area contributed by atoms with Crippen LogP contribution < -0.4 is 4.74 Å². The molecule has 1 atom stereocenters. The molecule has 0 spiro atoms. The van der Waals surface area contributed by atoms with Gasteiger partial charge in [-0.15, -0.1) is 0 Å². The van der Waals surface area contributed by atoms with Crippen LogP contribution in [0.15, 0.2) is 30.5 Å². The number of carbonyl (C=O) groups excluding carboxylic acids is 2. The van der Waals surface area contributed by atoms with E-state index in [1.807, 2.05) is 42.3 Å². The van der Waals surface area contributed by atoms with Crippen LogP contribution in [0.5, 0.6) is 5.75 Å². The molecule has 34 heavy (non-hydrogen) atoms. The number of aromatic nitrogens is 2. The zero-order chi connectivity index (χ0) is 24.6. The summed E-state index contributed by atoms with van der Waals surface area (Å²) >= 11 is 2.28. The molecule has 180 valence electrons. The Morgan fingerprint density at radius 2 is 2.06 bits per heavy atom. The average Bonchev–Trinajstić information content (AvgIpc) is 3.14. The topological polar surface area (TPSA) is 76.4 Å². The molecule has 2 aromatic heterocycles. The van der Waals surface area contributed by atoms with Crippen molar-refractivity contribution in [2.45, 2.75) is 26.4 Å². The van der Waals surface area contributed by atoms with Gasteiger partial charge in [-0.05, 0) is 53.3 Å². The lowest BCUT2D eigenvalue weighted by atomic mass is 9.99. The molecule has 9 heteroatoms. The van der Waals surface area contributed by atoms with Crippen LogP contribution in [-0.4, -0.2) is 78.0 Å². The molecule has 1 aliphatic rings. The smallest absolute Gasteiger partial charge is 0.253 e. The van der Waals surface area contributed by atoms with E-state index in [4.69, 9.17) is 14.5 Å². The highest BCUT2D eigenvalue weighted by Crippen LogP contribution is 2.34. The summed E-state index contributed by atoms with van der Waals surface area (Å²) in [5.41, 5.74) is 5.24. The summed E-state index contributed by atoms with van der Waals surface area (Å²) in [7, 11) is 5.14. The quantitative estimate of drug-likeness (QED) is 0.436. The number of aryl methyl sites for hydroxylation is 1. The number of nitrogens with zero attached hydrogens (tertiary/aromatic N) is 4. The Morgan fingerprint density at radius 1 is 1.29 bits per heavy atom. The first kappa shape index (κ1) is 24.5. The van der Waals surface area contributed by atoms with E-state index in [9.17, 15) is 9.59 Å². The third-order valence-corrected chi connectivity index (χ3v) is 6.97. The number of amides is 2. The second-order valence-corrected chi connectivity index (χ2v) is 9.88. The summed E-state index contributed by atoms with van der Waals surface area (Å²) in [6.07, 6.45) is 2.42. The lowest BCUT2D eigenvalue weighted by Gasteiger charge is -2.32. The van der Waals surface area contributed by atoms with Crippen molar-refractivity contribution in [3.63, 3.8) is 0 Å². The number of hydrogen-bond donors (Lipinski definition) is 0. The van der Waals surface area contributed by atoms with Gasteiger partial charge in [0.15, 0.2) is 0 Å². The molecular weight excluding hydrogens is 547 g/mol. The number of fused-ring (bicyclic) bond motifs is 1. The van der Waals surface area contributed by atoms with Crippen LogP contribution in [0.4, 0.5) is 0 Å². The minimum Gasteiger partial charge on any atom is -0.497 e. The van der Waals surface area contributed by atoms with Crippen molar-refractivity contribution in [2.24, 2.45) is 0 Å². The van der Waals surface area contributed by atoms with Crippen LogP contribution in [0.1, 0.15) is 28.5 Å². The Morgan fingerprint density at radius 3 is 2.71 bits per heavy atom. The highest BCUT2D eigenvalue weighted by molar-refractivity contribution is 14.1. The van der Waals surface area contributed by atoms with Gasteiger partial charge in [-0.1, -0.05) is 0 Å². The molecular formula is C25H29IN4O4. The molecule has 1 saturated heterocycles. The number of halogens is 1. The fourth-order valence-electron chi connectivity index (χ4n) is 4.37. The van der Waals surface area contributed by atoms with E-state index in [-0.39, 0.29) is 17.9 Å². The highest BCUT2D eigenvalue weighted by atomic mass is 127. The van der Waals surface area contributed by atoms with Gasteiger partial charge in [0.25, 0.3) is 5.91 Å². The van der Waals surface area contributed by atoms with E-state index < -0.39 is 0 Å². The van der Waals surface area contributed by atoms with E-state index in [2.05, 4.69) is 27.0 Å². The molecule has 0 radical (unpaired) electrons. The van der Waals surface area contributed by atoms with Crippen molar-refractivity contribution in [3.8, 4) is 17.0 Å². The third kappa shape index (κ3) is 4.76. The molecule has 1 aliphatic heterocycles. The Hall–Kier alpha value is -2.66. The van der Waals surface area contributed by atoms with Gasteiger partial charge in [0.05, 0.1) is 31.2 Å². The van der Waals surface area contributed by atoms with E-state index >= 15 is 0 Å². The number of carbonyl (C=O) groups is 2. The van der Waals surface area contributed by atoms with Gasteiger partial charge in [0.2, 0.25) is 5.91 Å². The van der Waals surface area contributed by atoms with Crippen LogP contribution in [0.2, 0.25) is 0 Å². The molecule has 0 N–H and O–H groups in total. The predicted molar refractivity (Wildman–Crippen MR) is 138 cm³/mol. The van der Waals surface area contributed by atoms with Gasteiger partial charge in [-0.25, -0.2) is 4.98 Å². The van der Waals surface area contributed by atoms with Gasteiger partial charge in [-0.2, -0.15) is 0 Å². The molecule has 8 nitrogen and oxygen atoms in total. The number of benzene rings is 1. The first-order chi connectivity index (χ1) is 16.2. The maximum Gasteiger partial charge on any atom is 0.253 e. The second-order valence-electron chi connectivity index (χ2n) is 8.71. The fraction of sp³-hybridized carbons (Fsp3) is 0.400. The monoisotopic (exact) mass is 576 g/mol. The number of methoxy groups -OCH3 is 1. The van der Waals surface area contributed by atoms with Crippen LogP contribution >= 0.6 is 22.6 Å². The molecule has 0 bridgehead atoms. The molecule has 3 aromatic rings. The molecule has 1 fully saturated rings. The summed E-state index contributed by atoms with van der Waals surface area (Å²) in [5.74, 6) is 0.751. The van der Waals surface area contributed by atoms with E-state index in [1.54, 1.807) is 33.0 Å². The largest absolute Gasteiger partial charge is 0.497 e. The third-order valence-electron chi connectivity index (χ3n) is 6.11. The van der Waals surface area contributed by atoms with E-state index in [0.29, 0.717) is 31.7 Å². The fourth-order valence-corrected chi connectivity index (χ4v) is 5.39. The molecule has 0 unspecified atom stereocenters. The van der Waals surface area contributed by atoms with E-state index in [0.717, 1.165) is 37.5 Å². The summed E-state index contributed by atoms with van der Waals surface area (Å²) < 4.78 is 14.5. The second kappa shape index (κ2) is 9.91. The van der Waals surface area contributed by atoms with Crippen molar-refractivity contribution in [1.29, 1.82) is 0 Å². The summed E-state index contributed by atoms with van der Waals surface area (Å²) in [4.78, 5) is 32.9. The van der Waals surface area contributed by atoms with Crippen LogP contribution in [0, 0.1) is 10.5 Å². The van der Waals surface area contributed by atoms with Crippen LogP contribution in [0.3, 0.4) is 0 Å². The van der Waals surface area contributed by atoms with E-state index in [1.165, 1.54) is 0 Å². The minimum atomic E-state index is -0.133. The molecule has 4 rings (SSSR count). The molecule has 1 aromatic carbocycles. The van der Waals surface area contributed by atoms with Gasteiger partial charge < -0.3 is 23.7 Å². The van der Waals surface area contributed by atoms with Gasteiger partial charge in [-0.3, -0.25) is 9.59 Å². The minimum absolute atomic E-state index is 0.0348. The standard InChI is InChI=1S/C25H29IN4O4/c1-15-10-17(25(32)28(3)4)11-20(26)23(15)24-21(12-19-14-29(16(2)31)8-9-34-19)30-7-6-18(33-5)13-22(30)27-24/h6-7,10-11,13,19H,8-9,12,14H2,1-5H3/t19-/m0/s1. The number of imidazole rings is 1. The normalized spacial score (nSPS) is 16.1. The molecule has 3 heterocycles. The summed E-state index contributed by atoms with van der Waals surface area (Å²) in [6.45, 7) is 5.28. The number of rotatable bonds is 5. The van der Waals surface area contributed by atoms with Gasteiger partial charge in [0.1, 0.15) is 11.4 Å². The van der Waals surface area contributed by atoms with Gasteiger partial charge in [0, 0.05) is 67.5 Å². The zero-order valence-corrected chi connectivity index (χ0v) is 22.2. The van der Waals surface area contributed by atoms with Crippen molar-refractivity contribution in [3.05, 3.63) is 50.9 Å². The van der Waals surface area contributed by atoms with Crippen LogP contribution in [-0.2, 0) is 16.0 Å². The zero-order valence-electron chi connectivity index (χ0n) is 20.1. The average molecular weight is 576 g/mol.